The van der Waals surface area contributed by atoms with Gasteiger partial charge in [0.15, 0.2) is 0 Å². The maximum Gasteiger partial charge on any atom is 0.250 e. The number of carbonyl (C=O) groups excluding carboxylic acids is 1. The number of anilines is 1. The Bertz CT molecular complexity index is 691. The van der Waals surface area contributed by atoms with Crippen LogP contribution in [0.4, 0.5) is 5.69 Å². The molecule has 0 atom stereocenters. The van der Waals surface area contributed by atoms with Gasteiger partial charge in [-0.3, -0.25) is 9.59 Å². The molecule has 2 aromatic rings. The molecule has 2 N–H and O–H groups in total. The molecule has 0 aliphatic rings. The van der Waals surface area contributed by atoms with E-state index in [1.165, 1.54) is 0 Å². The smallest absolute Gasteiger partial charge is 0.250 e. The van der Waals surface area contributed by atoms with Gasteiger partial charge in [0.1, 0.15) is 6.61 Å². The van der Waals surface area contributed by atoms with Crippen molar-refractivity contribution in [1.29, 1.82) is 0 Å². The van der Waals surface area contributed by atoms with Gasteiger partial charge < -0.3 is 15.0 Å². The molecule has 0 aliphatic carbocycles. The van der Waals surface area contributed by atoms with Crippen LogP contribution in [0.25, 0.3) is 10.9 Å². The number of carbonyl (C=O) groups is 1. The summed E-state index contributed by atoms with van der Waals surface area (Å²) in [6, 6.07) is 7.18. The predicted octanol–water partition coefficient (Wildman–Crippen LogP) is 2.46. The van der Waals surface area contributed by atoms with Crippen molar-refractivity contribution in [2.75, 3.05) is 18.5 Å². The quantitative estimate of drug-likeness (QED) is 0.857. The number of aromatic amines is 1. The molecule has 5 heteroatoms. The van der Waals surface area contributed by atoms with Crippen LogP contribution in [0.5, 0.6) is 0 Å². The Morgan fingerprint density at radius 1 is 1.29 bits per heavy atom. The molecule has 0 radical (unpaired) electrons. The summed E-state index contributed by atoms with van der Waals surface area (Å²) in [5, 5.41) is 3.77. The molecular weight excluding hydrogens is 268 g/mol. The summed E-state index contributed by atoms with van der Waals surface area (Å²) < 4.78 is 5.06. The summed E-state index contributed by atoms with van der Waals surface area (Å²) in [5.74, 6) is -0.205. The molecular formula is C16H20N2O3. The molecule has 1 aromatic heterocycles. The van der Waals surface area contributed by atoms with E-state index >= 15 is 0 Å². The summed E-state index contributed by atoms with van der Waals surface area (Å²) in [4.78, 5) is 26.1. The van der Waals surface area contributed by atoms with Gasteiger partial charge in [0.25, 0.3) is 0 Å². The topological polar surface area (TPSA) is 71.2 Å². The molecule has 0 saturated heterocycles. The van der Waals surface area contributed by atoms with Crippen molar-refractivity contribution in [3.63, 3.8) is 0 Å². The van der Waals surface area contributed by atoms with Crippen molar-refractivity contribution in [3.05, 3.63) is 40.2 Å². The van der Waals surface area contributed by atoms with Crippen LogP contribution in [0.3, 0.4) is 0 Å². The Balaban J connectivity index is 2.29. The van der Waals surface area contributed by atoms with Gasteiger partial charge in [-0.25, -0.2) is 0 Å². The van der Waals surface area contributed by atoms with E-state index in [0.717, 1.165) is 29.3 Å². The largest absolute Gasteiger partial charge is 0.372 e. The Labute approximate surface area is 123 Å². The highest BCUT2D eigenvalue weighted by Crippen LogP contribution is 2.20. The summed E-state index contributed by atoms with van der Waals surface area (Å²) in [5.41, 5.74) is 2.30. The lowest BCUT2D eigenvalue weighted by molar-refractivity contribution is -0.120. The molecule has 1 aromatic carbocycles. The van der Waals surface area contributed by atoms with E-state index in [4.69, 9.17) is 4.74 Å². The number of fused-ring (bicyclic) bond motifs is 1. The number of rotatable bonds is 6. The zero-order valence-corrected chi connectivity index (χ0v) is 12.4. The molecule has 0 saturated carbocycles. The highest BCUT2D eigenvalue weighted by molar-refractivity contribution is 5.94. The lowest BCUT2D eigenvalue weighted by atomic mass is 10.0. The number of benzene rings is 1. The Morgan fingerprint density at radius 3 is 2.81 bits per heavy atom. The number of pyridine rings is 1. The molecule has 1 amide bonds. The summed E-state index contributed by atoms with van der Waals surface area (Å²) in [6.45, 7) is 4.44. The van der Waals surface area contributed by atoms with E-state index in [2.05, 4.69) is 17.2 Å². The van der Waals surface area contributed by atoms with Crippen LogP contribution in [0.15, 0.2) is 29.1 Å². The fourth-order valence-corrected chi connectivity index (χ4v) is 2.28. The van der Waals surface area contributed by atoms with Gasteiger partial charge in [-0.05, 0) is 31.0 Å². The normalized spacial score (nSPS) is 10.8. The second-order valence-corrected chi connectivity index (χ2v) is 4.85. The van der Waals surface area contributed by atoms with Crippen LogP contribution in [0.1, 0.15) is 25.8 Å². The zero-order chi connectivity index (χ0) is 15.2. The van der Waals surface area contributed by atoms with E-state index in [-0.39, 0.29) is 18.1 Å². The summed E-state index contributed by atoms with van der Waals surface area (Å²) in [7, 11) is 0. The van der Waals surface area contributed by atoms with E-state index in [1.54, 1.807) is 12.1 Å². The lowest BCUT2D eigenvalue weighted by Gasteiger charge is -2.09. The third kappa shape index (κ3) is 3.92. The summed E-state index contributed by atoms with van der Waals surface area (Å²) >= 11 is 0. The highest BCUT2D eigenvalue weighted by atomic mass is 16.5. The Morgan fingerprint density at radius 2 is 2.10 bits per heavy atom. The van der Waals surface area contributed by atoms with Crippen molar-refractivity contribution in [1.82, 2.24) is 4.98 Å². The van der Waals surface area contributed by atoms with Crippen molar-refractivity contribution < 1.29 is 9.53 Å². The van der Waals surface area contributed by atoms with Crippen molar-refractivity contribution in [2.24, 2.45) is 0 Å². The second kappa shape index (κ2) is 7.04. The molecule has 112 valence electrons. The molecule has 1 heterocycles. The average molecular weight is 288 g/mol. The number of nitrogens with one attached hydrogen (secondary N) is 2. The first-order valence-electron chi connectivity index (χ1n) is 7.17. The number of aromatic nitrogens is 1. The average Bonchev–Trinajstić information content (AvgIpc) is 2.45. The van der Waals surface area contributed by atoms with Crippen LogP contribution >= 0.6 is 0 Å². The molecule has 0 spiro atoms. The van der Waals surface area contributed by atoms with Crippen LogP contribution in [-0.2, 0) is 16.0 Å². The number of hydrogen-bond acceptors (Lipinski definition) is 3. The first-order valence-corrected chi connectivity index (χ1v) is 7.17. The highest BCUT2D eigenvalue weighted by Gasteiger charge is 2.06. The minimum absolute atomic E-state index is 0.0287. The van der Waals surface area contributed by atoms with Gasteiger partial charge in [-0.2, -0.15) is 0 Å². The first kappa shape index (κ1) is 15.3. The zero-order valence-electron chi connectivity index (χ0n) is 12.4. The number of hydrogen-bond donors (Lipinski definition) is 2. The first-order chi connectivity index (χ1) is 10.1. The molecule has 21 heavy (non-hydrogen) atoms. The molecule has 5 nitrogen and oxygen atoms in total. The maximum absolute atomic E-state index is 11.7. The van der Waals surface area contributed by atoms with E-state index < -0.39 is 0 Å². The number of amides is 1. The number of ether oxygens (including phenoxy) is 1. The maximum atomic E-state index is 11.7. The third-order valence-electron chi connectivity index (χ3n) is 3.17. The van der Waals surface area contributed by atoms with E-state index in [9.17, 15) is 9.59 Å². The number of aryl methyl sites for hydroxylation is 1. The van der Waals surface area contributed by atoms with Crippen LogP contribution < -0.4 is 10.9 Å². The third-order valence-corrected chi connectivity index (χ3v) is 3.17. The fraction of sp³-hybridized carbons (Fsp3) is 0.375. The molecule has 0 bridgehead atoms. The van der Waals surface area contributed by atoms with Gasteiger partial charge in [-0.15, -0.1) is 0 Å². The van der Waals surface area contributed by atoms with Gasteiger partial charge in [0, 0.05) is 23.7 Å². The van der Waals surface area contributed by atoms with Gasteiger partial charge >= 0.3 is 0 Å². The van der Waals surface area contributed by atoms with Gasteiger partial charge in [0.2, 0.25) is 11.5 Å². The lowest BCUT2D eigenvalue weighted by Crippen LogP contribution is -2.18. The minimum atomic E-state index is -0.205. The monoisotopic (exact) mass is 288 g/mol. The molecule has 0 fully saturated rings. The van der Waals surface area contributed by atoms with Crippen molar-refractivity contribution in [3.8, 4) is 0 Å². The van der Waals surface area contributed by atoms with E-state index in [1.807, 2.05) is 19.1 Å². The molecule has 2 rings (SSSR count). The SMILES string of the molecule is CCCc1cc(=O)[nH]c2cc(NC(=O)COCC)ccc12. The Hall–Kier alpha value is -2.14. The van der Waals surface area contributed by atoms with Crippen molar-refractivity contribution in [2.45, 2.75) is 26.7 Å². The van der Waals surface area contributed by atoms with Gasteiger partial charge in [-0.1, -0.05) is 19.4 Å². The fourth-order valence-electron chi connectivity index (χ4n) is 2.28. The van der Waals surface area contributed by atoms with Crippen LogP contribution in [0.2, 0.25) is 0 Å². The molecule has 0 unspecified atom stereocenters. The molecule has 0 aliphatic heterocycles. The summed E-state index contributed by atoms with van der Waals surface area (Å²) in [6.07, 6.45) is 1.84. The van der Waals surface area contributed by atoms with Gasteiger partial charge in [0.05, 0.1) is 5.52 Å². The predicted molar refractivity (Wildman–Crippen MR) is 83.7 cm³/mol. The Kier molecular flexibility index (Phi) is 5.11. The van der Waals surface area contributed by atoms with Crippen LogP contribution in [-0.4, -0.2) is 24.1 Å². The van der Waals surface area contributed by atoms with Crippen molar-refractivity contribution >= 4 is 22.5 Å². The second-order valence-electron chi connectivity index (χ2n) is 4.85. The van der Waals surface area contributed by atoms with Crippen LogP contribution in [0, 0.1) is 0 Å². The van der Waals surface area contributed by atoms with E-state index in [0.29, 0.717) is 12.3 Å². The standard InChI is InChI=1S/C16H20N2O3/c1-3-5-11-8-15(19)18-14-9-12(6-7-13(11)14)17-16(20)10-21-4-2/h6-9H,3-5,10H2,1-2H3,(H,17,20)(H,18,19). The number of H-pyrrole nitrogens is 1. The minimum Gasteiger partial charge on any atom is -0.372 e.